The summed E-state index contributed by atoms with van der Waals surface area (Å²) in [5.41, 5.74) is 5.83. The molecule has 3 nitrogen and oxygen atoms in total. The smallest absolute Gasteiger partial charge is 0.178 e. The highest BCUT2D eigenvalue weighted by Crippen LogP contribution is 2.59. The number of hydrogen-bond donors (Lipinski definition) is 1. The first-order chi connectivity index (χ1) is 17.1. The summed E-state index contributed by atoms with van der Waals surface area (Å²) in [5, 5.41) is 12.0. The van der Waals surface area contributed by atoms with Gasteiger partial charge in [0, 0.05) is 11.3 Å². The normalized spacial score (nSPS) is 27.9. The zero-order valence-corrected chi connectivity index (χ0v) is 22.2. The molecule has 0 spiro atoms. The van der Waals surface area contributed by atoms with Gasteiger partial charge in [0.1, 0.15) is 5.82 Å². The van der Waals surface area contributed by atoms with Gasteiger partial charge >= 0.3 is 0 Å². The largest absolute Gasteiger partial charge is 0.389 e. The fourth-order valence-corrected chi connectivity index (χ4v) is 7.74. The molecule has 1 fully saturated rings. The minimum atomic E-state index is -3.31. The third-order valence-electron chi connectivity index (χ3n) is 8.99. The van der Waals surface area contributed by atoms with Crippen LogP contribution in [0, 0.1) is 11.2 Å². The van der Waals surface area contributed by atoms with Gasteiger partial charge in [0.15, 0.2) is 9.84 Å². The molecule has 0 saturated heterocycles. The molecule has 1 N–H and O–H groups in total. The second-order valence-corrected chi connectivity index (χ2v) is 13.2. The number of rotatable bonds is 6. The molecular weight excluding hydrogens is 471 g/mol. The number of benzene rings is 2. The van der Waals surface area contributed by atoms with Crippen molar-refractivity contribution in [1.82, 2.24) is 0 Å². The Balaban J connectivity index is 1.39. The molecule has 5 rings (SSSR count). The van der Waals surface area contributed by atoms with Crippen LogP contribution in [0.25, 0.3) is 0 Å². The zero-order valence-electron chi connectivity index (χ0n) is 21.4. The molecule has 2 aromatic carbocycles. The Labute approximate surface area is 214 Å². The minimum Gasteiger partial charge on any atom is -0.389 e. The van der Waals surface area contributed by atoms with Gasteiger partial charge in [0.05, 0.1) is 16.2 Å². The van der Waals surface area contributed by atoms with Crippen LogP contribution in [0.3, 0.4) is 0 Å². The van der Waals surface area contributed by atoms with Crippen molar-refractivity contribution in [3.8, 4) is 0 Å². The highest BCUT2D eigenvalue weighted by atomic mass is 32.2. The van der Waals surface area contributed by atoms with Crippen LogP contribution in [0.4, 0.5) is 4.39 Å². The molecule has 36 heavy (non-hydrogen) atoms. The van der Waals surface area contributed by atoms with Gasteiger partial charge in [0.25, 0.3) is 0 Å². The number of hydrogen-bond acceptors (Lipinski definition) is 3. The van der Waals surface area contributed by atoms with Crippen molar-refractivity contribution in [3.05, 3.63) is 99.9 Å². The summed E-state index contributed by atoms with van der Waals surface area (Å²) in [7, 11) is -3.31. The summed E-state index contributed by atoms with van der Waals surface area (Å²) in [6.07, 6.45) is 8.85. The zero-order chi connectivity index (χ0) is 25.7. The second-order valence-electron chi connectivity index (χ2n) is 11.0. The molecule has 0 bridgehead atoms. The molecular formula is C31H35FO3S. The van der Waals surface area contributed by atoms with Crippen LogP contribution in [0.15, 0.2) is 87.9 Å². The summed E-state index contributed by atoms with van der Waals surface area (Å²) < 4.78 is 38.7. The third-order valence-corrected chi connectivity index (χ3v) is 10.8. The van der Waals surface area contributed by atoms with Crippen LogP contribution in [0.2, 0.25) is 0 Å². The van der Waals surface area contributed by atoms with E-state index >= 15 is 0 Å². The molecule has 3 aliphatic carbocycles. The lowest BCUT2D eigenvalue weighted by molar-refractivity contribution is -0.0463. The van der Waals surface area contributed by atoms with Crippen molar-refractivity contribution in [3.63, 3.8) is 0 Å². The predicted octanol–water partition coefficient (Wildman–Crippen LogP) is 6.84. The fraction of sp³-hybridized carbons (Fsp3) is 0.419. The Kier molecular flexibility index (Phi) is 6.37. The molecule has 0 aliphatic heterocycles. The van der Waals surface area contributed by atoms with Gasteiger partial charge in [-0.05, 0) is 85.9 Å². The van der Waals surface area contributed by atoms with Crippen LogP contribution in [0.5, 0.6) is 0 Å². The minimum absolute atomic E-state index is 0.0699. The summed E-state index contributed by atoms with van der Waals surface area (Å²) in [6, 6.07) is 14.0. The quantitative estimate of drug-likeness (QED) is 0.466. The monoisotopic (exact) mass is 506 g/mol. The van der Waals surface area contributed by atoms with Gasteiger partial charge < -0.3 is 5.11 Å². The SMILES string of the molecule is CCS(=O)(=O)c1ccccc1CCC1(O)CCC2=CC3=C(C=C(C)C(c4ccc(F)cc4)C3)CC21C. The van der Waals surface area contributed by atoms with Crippen molar-refractivity contribution in [2.24, 2.45) is 5.41 Å². The molecule has 0 amide bonds. The van der Waals surface area contributed by atoms with Crippen molar-refractivity contribution in [2.45, 2.75) is 75.7 Å². The van der Waals surface area contributed by atoms with Gasteiger partial charge in [-0.25, -0.2) is 12.8 Å². The average Bonchev–Trinajstić information content (AvgIpc) is 3.11. The van der Waals surface area contributed by atoms with Crippen molar-refractivity contribution < 1.29 is 17.9 Å². The van der Waals surface area contributed by atoms with E-state index < -0.39 is 15.4 Å². The van der Waals surface area contributed by atoms with Gasteiger partial charge in [-0.2, -0.15) is 0 Å². The van der Waals surface area contributed by atoms with Crippen molar-refractivity contribution in [1.29, 1.82) is 0 Å². The van der Waals surface area contributed by atoms with Crippen LogP contribution < -0.4 is 0 Å². The van der Waals surface area contributed by atoms with E-state index in [1.807, 2.05) is 24.3 Å². The maximum atomic E-state index is 13.5. The Hall–Kier alpha value is -2.50. The highest BCUT2D eigenvalue weighted by Gasteiger charge is 2.54. The van der Waals surface area contributed by atoms with Gasteiger partial charge in [-0.15, -0.1) is 0 Å². The highest BCUT2D eigenvalue weighted by molar-refractivity contribution is 7.91. The Morgan fingerprint density at radius 1 is 1.06 bits per heavy atom. The Bertz CT molecular complexity index is 1380. The number of halogens is 1. The van der Waals surface area contributed by atoms with E-state index in [0.717, 1.165) is 30.4 Å². The maximum Gasteiger partial charge on any atom is 0.178 e. The number of sulfone groups is 1. The number of aliphatic hydroxyl groups is 1. The van der Waals surface area contributed by atoms with E-state index in [2.05, 4.69) is 26.0 Å². The van der Waals surface area contributed by atoms with Gasteiger partial charge in [0.2, 0.25) is 0 Å². The van der Waals surface area contributed by atoms with Gasteiger partial charge in [-0.3, -0.25) is 0 Å². The van der Waals surface area contributed by atoms with Gasteiger partial charge in [-0.1, -0.05) is 67.5 Å². The Morgan fingerprint density at radius 2 is 1.78 bits per heavy atom. The lowest BCUT2D eigenvalue weighted by atomic mass is 9.63. The summed E-state index contributed by atoms with van der Waals surface area (Å²) in [6.45, 7) is 5.99. The second kappa shape index (κ2) is 9.11. The molecule has 0 heterocycles. The van der Waals surface area contributed by atoms with E-state index in [-0.39, 0.29) is 22.9 Å². The number of fused-ring (bicyclic) bond motifs is 1. The van der Waals surface area contributed by atoms with Crippen molar-refractivity contribution >= 4 is 9.84 Å². The van der Waals surface area contributed by atoms with E-state index in [9.17, 15) is 17.9 Å². The van der Waals surface area contributed by atoms with Crippen molar-refractivity contribution in [2.75, 3.05) is 5.75 Å². The first-order valence-corrected chi connectivity index (χ1v) is 14.6. The lowest BCUT2D eigenvalue weighted by Gasteiger charge is -2.44. The summed E-state index contributed by atoms with van der Waals surface area (Å²) in [5.74, 6) is 0.0927. The molecule has 2 aromatic rings. The van der Waals surface area contributed by atoms with Crippen LogP contribution >= 0.6 is 0 Å². The maximum absolute atomic E-state index is 13.5. The molecule has 3 atom stereocenters. The number of allylic oxidation sites excluding steroid dienone is 5. The van der Waals surface area contributed by atoms with E-state index in [4.69, 9.17) is 0 Å². The van der Waals surface area contributed by atoms with Crippen LogP contribution in [-0.4, -0.2) is 24.9 Å². The molecule has 0 aromatic heterocycles. The number of aryl methyl sites for hydroxylation is 1. The first-order valence-electron chi connectivity index (χ1n) is 13.0. The fourth-order valence-electron chi connectivity index (χ4n) is 6.58. The Morgan fingerprint density at radius 3 is 2.50 bits per heavy atom. The van der Waals surface area contributed by atoms with E-state index in [1.165, 1.54) is 34.4 Å². The third kappa shape index (κ3) is 4.20. The molecule has 5 heteroatoms. The predicted molar refractivity (Wildman–Crippen MR) is 142 cm³/mol. The van der Waals surface area contributed by atoms with Crippen LogP contribution in [-0.2, 0) is 16.3 Å². The molecule has 0 radical (unpaired) electrons. The molecule has 1 saturated carbocycles. The van der Waals surface area contributed by atoms with E-state index in [0.29, 0.717) is 24.2 Å². The van der Waals surface area contributed by atoms with Crippen LogP contribution in [0.1, 0.15) is 69.9 Å². The summed E-state index contributed by atoms with van der Waals surface area (Å²) >= 11 is 0. The topological polar surface area (TPSA) is 54.4 Å². The molecule has 190 valence electrons. The lowest BCUT2D eigenvalue weighted by Crippen LogP contribution is -2.44. The molecule has 3 aliphatic rings. The average molecular weight is 507 g/mol. The standard InChI is InChI=1S/C31H35FO3S/c1-4-36(34,35)29-8-6-5-7-23(29)13-15-31(33)16-14-26-18-24-19-28(22-9-11-27(32)12-10-22)21(2)17-25(24)20-30(26,31)3/h5-12,17-18,28,33H,4,13-16,19-20H2,1-3H3. The summed E-state index contributed by atoms with van der Waals surface area (Å²) in [4.78, 5) is 0.390. The molecule has 3 unspecified atom stereocenters. The first kappa shape index (κ1) is 25.2. The van der Waals surface area contributed by atoms with E-state index in [1.54, 1.807) is 19.1 Å².